The normalized spacial score (nSPS) is 32.5. The van der Waals surface area contributed by atoms with Crippen molar-refractivity contribution in [3.63, 3.8) is 0 Å². The summed E-state index contributed by atoms with van der Waals surface area (Å²) in [6.45, 7) is 9.49. The van der Waals surface area contributed by atoms with Gasteiger partial charge in [0.05, 0.1) is 0 Å². The smallest absolute Gasteiger partial charge is 0.415 e. The van der Waals surface area contributed by atoms with Gasteiger partial charge in [-0.15, -0.1) is 0 Å². The zero-order valence-corrected chi connectivity index (χ0v) is 17.7. The quantitative estimate of drug-likeness (QED) is 0.707. The van der Waals surface area contributed by atoms with Crippen LogP contribution in [0.4, 0.5) is 10.5 Å². The number of hydroxylamine groups is 2. The number of rotatable bonds is 3. The fourth-order valence-corrected chi connectivity index (χ4v) is 5.59. The average Bonchev–Trinajstić information content (AvgIpc) is 2.97. The monoisotopic (exact) mass is 386 g/mol. The number of anilines is 1. The van der Waals surface area contributed by atoms with Gasteiger partial charge in [-0.05, 0) is 71.9 Å². The van der Waals surface area contributed by atoms with Crippen LogP contribution in [0.1, 0.15) is 72.6 Å². The van der Waals surface area contributed by atoms with E-state index in [1.807, 2.05) is 35.2 Å². The lowest BCUT2D eigenvalue weighted by Crippen LogP contribution is -2.65. The second-order valence-corrected chi connectivity index (χ2v) is 9.94. The molecule has 1 amide bonds. The van der Waals surface area contributed by atoms with Gasteiger partial charge in [0, 0.05) is 16.8 Å². The van der Waals surface area contributed by atoms with Crippen LogP contribution in [0.15, 0.2) is 30.3 Å². The van der Waals surface area contributed by atoms with Crippen LogP contribution in [0, 0.1) is 0 Å². The first kappa shape index (κ1) is 19.7. The fourth-order valence-electron chi connectivity index (χ4n) is 5.59. The Bertz CT molecular complexity index is 702. The molecule has 5 heteroatoms. The summed E-state index contributed by atoms with van der Waals surface area (Å²) in [4.78, 5) is 21.5. The third-order valence-corrected chi connectivity index (χ3v) is 6.92. The van der Waals surface area contributed by atoms with Gasteiger partial charge in [0.15, 0.2) is 0 Å². The molecule has 1 aromatic rings. The van der Waals surface area contributed by atoms with E-state index in [0.29, 0.717) is 6.61 Å². The van der Waals surface area contributed by atoms with E-state index < -0.39 is 5.54 Å². The maximum absolute atomic E-state index is 12.8. The number of cyclic esters (lactones) is 1. The molecule has 2 saturated heterocycles. The minimum atomic E-state index is -0.430. The fraction of sp³-hybridized carbons (Fsp3) is 0.696. The first-order chi connectivity index (χ1) is 13.3. The number of para-hydroxylation sites is 1. The topological polar surface area (TPSA) is 42.0 Å². The van der Waals surface area contributed by atoms with E-state index in [2.05, 4.69) is 32.8 Å². The summed E-state index contributed by atoms with van der Waals surface area (Å²) in [6, 6.07) is 9.92. The van der Waals surface area contributed by atoms with Crippen molar-refractivity contribution < 1.29 is 14.4 Å². The predicted octanol–water partition coefficient (Wildman–Crippen LogP) is 5.30. The Balaban J connectivity index is 1.69. The number of carbonyl (C=O) groups is 1. The molecule has 154 valence electrons. The van der Waals surface area contributed by atoms with Gasteiger partial charge in [-0.3, -0.25) is 9.74 Å². The largest absolute Gasteiger partial charge is 0.447 e. The molecule has 0 N–H and O–H groups in total. The number of carbonyl (C=O) groups excluding carboxylic acids is 1. The molecule has 1 aromatic carbocycles. The molecular formula is C23H34N2O3. The van der Waals surface area contributed by atoms with E-state index in [0.717, 1.165) is 44.2 Å². The number of ether oxygens (including phenoxy) is 1. The number of benzene rings is 1. The molecule has 28 heavy (non-hydrogen) atoms. The average molecular weight is 387 g/mol. The van der Waals surface area contributed by atoms with E-state index in [-0.39, 0.29) is 23.3 Å². The molecule has 5 nitrogen and oxygen atoms in total. The number of hydrogen-bond donors (Lipinski definition) is 0. The van der Waals surface area contributed by atoms with Crippen molar-refractivity contribution in [2.24, 2.45) is 0 Å². The molecule has 1 spiro atoms. The molecule has 1 saturated carbocycles. The van der Waals surface area contributed by atoms with Crippen LogP contribution in [-0.4, -0.2) is 40.5 Å². The highest BCUT2D eigenvalue weighted by atomic mass is 16.7. The summed E-state index contributed by atoms with van der Waals surface area (Å²) in [5.74, 6) is 0. The summed E-state index contributed by atoms with van der Waals surface area (Å²) >= 11 is 0. The summed E-state index contributed by atoms with van der Waals surface area (Å²) in [5, 5.41) is 2.24. The molecule has 0 bridgehead atoms. The van der Waals surface area contributed by atoms with Gasteiger partial charge >= 0.3 is 6.09 Å². The second kappa shape index (κ2) is 7.03. The highest BCUT2D eigenvalue weighted by molar-refractivity contribution is 5.91. The van der Waals surface area contributed by atoms with E-state index in [1.54, 1.807) is 0 Å². The molecule has 0 aromatic heterocycles. The van der Waals surface area contributed by atoms with Gasteiger partial charge in [-0.1, -0.05) is 31.0 Å². The summed E-state index contributed by atoms with van der Waals surface area (Å²) in [6.07, 6.45) is 7.21. The van der Waals surface area contributed by atoms with E-state index in [1.165, 1.54) is 6.42 Å². The highest BCUT2D eigenvalue weighted by Gasteiger charge is 2.57. The van der Waals surface area contributed by atoms with Crippen LogP contribution < -0.4 is 4.90 Å². The first-order valence-corrected chi connectivity index (χ1v) is 10.8. The van der Waals surface area contributed by atoms with Crippen LogP contribution >= 0.6 is 0 Å². The van der Waals surface area contributed by atoms with E-state index in [4.69, 9.17) is 9.57 Å². The summed E-state index contributed by atoms with van der Waals surface area (Å²) in [7, 11) is 0. The maximum Gasteiger partial charge on any atom is 0.415 e. The molecule has 2 atom stereocenters. The Hall–Kier alpha value is -1.59. The van der Waals surface area contributed by atoms with Gasteiger partial charge in [-0.2, -0.15) is 5.06 Å². The molecule has 2 aliphatic heterocycles. The highest BCUT2D eigenvalue weighted by Crippen LogP contribution is 2.46. The predicted molar refractivity (Wildman–Crippen MR) is 110 cm³/mol. The molecule has 0 unspecified atom stereocenters. The van der Waals surface area contributed by atoms with Crippen molar-refractivity contribution in [1.29, 1.82) is 0 Å². The minimum absolute atomic E-state index is 0.0264. The SMILES string of the molecule is CC1(C)CCCC(C)(C)N1O[C@H]1CCCC[C@@]12COC(=O)N2c1ccccc1. The second-order valence-electron chi connectivity index (χ2n) is 9.94. The van der Waals surface area contributed by atoms with Crippen molar-refractivity contribution in [3.05, 3.63) is 30.3 Å². The lowest BCUT2D eigenvalue weighted by molar-refractivity contribution is -0.317. The summed E-state index contributed by atoms with van der Waals surface area (Å²) in [5.41, 5.74) is 0.418. The Morgan fingerprint density at radius 2 is 1.64 bits per heavy atom. The maximum atomic E-state index is 12.8. The Morgan fingerprint density at radius 1 is 0.964 bits per heavy atom. The molecule has 2 heterocycles. The van der Waals surface area contributed by atoms with Crippen LogP contribution in [0.3, 0.4) is 0 Å². The van der Waals surface area contributed by atoms with Gasteiger partial charge in [0.1, 0.15) is 18.2 Å². The van der Waals surface area contributed by atoms with Crippen molar-refractivity contribution >= 4 is 11.8 Å². The minimum Gasteiger partial charge on any atom is -0.447 e. The Kier molecular flexibility index (Phi) is 4.95. The van der Waals surface area contributed by atoms with Crippen molar-refractivity contribution in [3.8, 4) is 0 Å². The third kappa shape index (κ3) is 3.22. The van der Waals surface area contributed by atoms with Crippen molar-refractivity contribution in [2.75, 3.05) is 11.5 Å². The molecule has 3 aliphatic rings. The number of amides is 1. The van der Waals surface area contributed by atoms with Gasteiger partial charge in [0.2, 0.25) is 0 Å². The zero-order valence-electron chi connectivity index (χ0n) is 17.7. The zero-order chi connectivity index (χ0) is 20.0. The van der Waals surface area contributed by atoms with Gasteiger partial charge < -0.3 is 4.74 Å². The Morgan fingerprint density at radius 3 is 2.32 bits per heavy atom. The molecule has 1 aliphatic carbocycles. The lowest BCUT2D eigenvalue weighted by Gasteiger charge is -2.55. The number of piperidine rings is 1. The molecule has 4 rings (SSSR count). The van der Waals surface area contributed by atoms with Gasteiger partial charge in [-0.25, -0.2) is 4.79 Å². The summed E-state index contributed by atoms with van der Waals surface area (Å²) < 4.78 is 5.63. The standard InChI is InChI=1S/C23H34N2O3/c1-21(2)14-10-15-22(3,4)25(21)28-19-13-8-9-16-23(19)17-27-20(26)24(23)18-11-6-5-7-12-18/h5-7,11-12,19H,8-10,13-17H2,1-4H3/t19-,23+/m0/s1. The van der Waals surface area contributed by atoms with Crippen molar-refractivity contribution in [1.82, 2.24) is 5.06 Å². The molecule has 3 fully saturated rings. The van der Waals surface area contributed by atoms with E-state index >= 15 is 0 Å². The van der Waals surface area contributed by atoms with E-state index in [9.17, 15) is 4.79 Å². The molecular weight excluding hydrogens is 352 g/mol. The lowest BCUT2D eigenvalue weighted by atomic mass is 9.78. The third-order valence-electron chi connectivity index (χ3n) is 6.92. The van der Waals surface area contributed by atoms with Crippen LogP contribution in [0.25, 0.3) is 0 Å². The molecule has 0 radical (unpaired) electrons. The number of nitrogens with zero attached hydrogens (tertiary/aromatic N) is 2. The Labute approximate surface area is 168 Å². The van der Waals surface area contributed by atoms with Crippen molar-refractivity contribution in [2.45, 2.75) is 95.4 Å². The van der Waals surface area contributed by atoms with Gasteiger partial charge in [0.25, 0.3) is 0 Å². The first-order valence-electron chi connectivity index (χ1n) is 10.8. The van der Waals surface area contributed by atoms with Crippen LogP contribution in [0.2, 0.25) is 0 Å². The van der Waals surface area contributed by atoms with Crippen LogP contribution in [-0.2, 0) is 9.57 Å². The number of hydrogen-bond acceptors (Lipinski definition) is 4. The van der Waals surface area contributed by atoms with Crippen LogP contribution in [0.5, 0.6) is 0 Å².